The number of amides is 1. The number of hydrogen-bond acceptors (Lipinski definition) is 5. The summed E-state index contributed by atoms with van der Waals surface area (Å²) in [5, 5.41) is 6.07. The summed E-state index contributed by atoms with van der Waals surface area (Å²) >= 11 is 0. The quantitative estimate of drug-likeness (QED) is 0.762. The number of hydrogen-bond donors (Lipinski definition) is 2. The van der Waals surface area contributed by atoms with Crippen LogP contribution in [0.25, 0.3) is 0 Å². The lowest BCUT2D eigenvalue weighted by atomic mass is 10.0. The molecule has 1 aliphatic heterocycles. The van der Waals surface area contributed by atoms with E-state index in [1.807, 2.05) is 0 Å². The van der Waals surface area contributed by atoms with E-state index >= 15 is 0 Å². The molecule has 1 atom stereocenters. The van der Waals surface area contributed by atoms with Crippen LogP contribution in [0.1, 0.15) is 35.6 Å². The predicted octanol–water partition coefficient (Wildman–Crippen LogP) is 1.07. The maximum Gasteiger partial charge on any atom is 0.373 e. The van der Waals surface area contributed by atoms with Crippen LogP contribution in [0.15, 0.2) is 16.5 Å². The normalized spacial score (nSPS) is 17.9. The Balaban J connectivity index is 1.69. The molecule has 1 saturated heterocycles. The standard InChI is InChI=1S/C14H20N2O4/c1-19-14(18)12-4-3-11(20-12)9-16-13(17)5-2-10-6-7-15-8-10/h3-4,10,15H,2,5-9H2,1H3,(H,16,17). The van der Waals surface area contributed by atoms with Gasteiger partial charge in [0.2, 0.25) is 11.7 Å². The molecular formula is C14H20N2O4. The minimum atomic E-state index is -0.517. The predicted molar refractivity (Wildman–Crippen MR) is 72.1 cm³/mol. The van der Waals surface area contributed by atoms with Gasteiger partial charge in [0.15, 0.2) is 0 Å². The molecule has 2 N–H and O–H groups in total. The molecule has 0 aromatic carbocycles. The molecule has 6 nitrogen and oxygen atoms in total. The van der Waals surface area contributed by atoms with Crippen molar-refractivity contribution in [2.24, 2.45) is 5.92 Å². The van der Waals surface area contributed by atoms with E-state index in [9.17, 15) is 9.59 Å². The van der Waals surface area contributed by atoms with E-state index in [1.54, 1.807) is 6.07 Å². The molecule has 110 valence electrons. The first-order chi connectivity index (χ1) is 9.69. The van der Waals surface area contributed by atoms with E-state index in [2.05, 4.69) is 15.4 Å². The summed E-state index contributed by atoms with van der Waals surface area (Å²) in [6.07, 6.45) is 2.58. The lowest BCUT2D eigenvalue weighted by molar-refractivity contribution is -0.121. The van der Waals surface area contributed by atoms with Gasteiger partial charge < -0.3 is 19.8 Å². The number of carbonyl (C=O) groups excluding carboxylic acids is 2. The molecule has 1 aromatic rings. The Bertz CT molecular complexity index is 463. The van der Waals surface area contributed by atoms with E-state index in [1.165, 1.54) is 13.2 Å². The Morgan fingerprint density at radius 3 is 3.05 bits per heavy atom. The third-order valence-electron chi connectivity index (χ3n) is 3.45. The van der Waals surface area contributed by atoms with Crippen molar-refractivity contribution in [1.29, 1.82) is 0 Å². The first kappa shape index (κ1) is 14.6. The molecule has 0 bridgehead atoms. The first-order valence-electron chi connectivity index (χ1n) is 6.83. The summed E-state index contributed by atoms with van der Waals surface area (Å²) in [6.45, 7) is 2.35. The fourth-order valence-electron chi connectivity index (χ4n) is 2.25. The van der Waals surface area contributed by atoms with Gasteiger partial charge in [0.25, 0.3) is 0 Å². The van der Waals surface area contributed by atoms with Crippen molar-refractivity contribution in [1.82, 2.24) is 10.6 Å². The molecule has 0 saturated carbocycles. The summed E-state index contributed by atoms with van der Waals surface area (Å²) in [4.78, 5) is 22.9. The van der Waals surface area contributed by atoms with Crippen LogP contribution in [-0.2, 0) is 16.1 Å². The molecule has 1 unspecified atom stereocenters. The van der Waals surface area contributed by atoms with Crippen LogP contribution in [-0.4, -0.2) is 32.1 Å². The van der Waals surface area contributed by atoms with E-state index < -0.39 is 5.97 Å². The maximum absolute atomic E-state index is 11.7. The minimum absolute atomic E-state index is 0.00733. The molecule has 1 aliphatic rings. The van der Waals surface area contributed by atoms with Crippen molar-refractivity contribution in [3.63, 3.8) is 0 Å². The third kappa shape index (κ3) is 4.09. The minimum Gasteiger partial charge on any atom is -0.463 e. The monoisotopic (exact) mass is 280 g/mol. The zero-order valence-electron chi connectivity index (χ0n) is 11.6. The average molecular weight is 280 g/mol. The molecule has 20 heavy (non-hydrogen) atoms. The van der Waals surface area contributed by atoms with Gasteiger partial charge in [0.1, 0.15) is 5.76 Å². The fourth-order valence-corrected chi connectivity index (χ4v) is 2.25. The first-order valence-corrected chi connectivity index (χ1v) is 6.83. The highest BCUT2D eigenvalue weighted by molar-refractivity contribution is 5.86. The van der Waals surface area contributed by atoms with Crippen molar-refractivity contribution in [2.75, 3.05) is 20.2 Å². The number of methoxy groups -OCH3 is 1. The highest BCUT2D eigenvalue weighted by atomic mass is 16.5. The number of rotatable bonds is 6. The summed E-state index contributed by atoms with van der Waals surface area (Å²) in [6, 6.07) is 3.20. The molecule has 0 aliphatic carbocycles. The van der Waals surface area contributed by atoms with Crippen LogP contribution in [0.4, 0.5) is 0 Å². The van der Waals surface area contributed by atoms with Gasteiger partial charge in [-0.3, -0.25) is 4.79 Å². The van der Waals surface area contributed by atoms with Gasteiger partial charge >= 0.3 is 5.97 Å². The number of esters is 1. The van der Waals surface area contributed by atoms with Crippen molar-refractivity contribution in [3.05, 3.63) is 23.7 Å². The van der Waals surface area contributed by atoms with E-state index in [-0.39, 0.29) is 11.7 Å². The summed E-state index contributed by atoms with van der Waals surface area (Å²) in [5.74, 6) is 0.787. The Morgan fingerprint density at radius 1 is 1.50 bits per heavy atom. The molecule has 1 aromatic heterocycles. The van der Waals surface area contributed by atoms with Gasteiger partial charge in [-0.25, -0.2) is 4.79 Å². The number of ether oxygens (including phenoxy) is 1. The average Bonchev–Trinajstić information content (AvgIpc) is 3.13. The molecule has 0 radical (unpaired) electrons. The topological polar surface area (TPSA) is 80.6 Å². The smallest absolute Gasteiger partial charge is 0.373 e. The second kappa shape index (κ2) is 7.09. The molecule has 0 spiro atoms. The van der Waals surface area contributed by atoms with E-state index in [0.29, 0.717) is 24.6 Å². The van der Waals surface area contributed by atoms with Crippen LogP contribution in [0.5, 0.6) is 0 Å². The number of furan rings is 1. The highest BCUT2D eigenvalue weighted by Crippen LogP contribution is 2.14. The highest BCUT2D eigenvalue weighted by Gasteiger charge is 2.16. The largest absolute Gasteiger partial charge is 0.463 e. The van der Waals surface area contributed by atoms with E-state index in [4.69, 9.17) is 4.42 Å². The molecule has 1 amide bonds. The van der Waals surface area contributed by atoms with Crippen LogP contribution >= 0.6 is 0 Å². The lowest BCUT2D eigenvalue weighted by Gasteiger charge is -2.07. The SMILES string of the molecule is COC(=O)c1ccc(CNC(=O)CCC2CCNC2)o1. The van der Waals surface area contributed by atoms with Gasteiger partial charge in [0, 0.05) is 6.42 Å². The van der Waals surface area contributed by atoms with Gasteiger partial charge in [0.05, 0.1) is 13.7 Å². The Kier molecular flexibility index (Phi) is 5.17. The Morgan fingerprint density at radius 2 is 2.35 bits per heavy atom. The van der Waals surface area contributed by atoms with Crippen molar-refractivity contribution in [2.45, 2.75) is 25.8 Å². The van der Waals surface area contributed by atoms with Crippen molar-refractivity contribution < 1.29 is 18.7 Å². The van der Waals surface area contributed by atoms with Gasteiger partial charge in [-0.15, -0.1) is 0 Å². The number of nitrogens with one attached hydrogen (secondary N) is 2. The maximum atomic E-state index is 11.7. The second-order valence-corrected chi connectivity index (χ2v) is 4.93. The van der Waals surface area contributed by atoms with E-state index in [0.717, 1.165) is 25.9 Å². The second-order valence-electron chi connectivity index (χ2n) is 4.93. The van der Waals surface area contributed by atoms with Crippen molar-refractivity contribution >= 4 is 11.9 Å². The number of carbonyl (C=O) groups is 2. The van der Waals surface area contributed by atoms with Gasteiger partial charge in [-0.05, 0) is 44.0 Å². The zero-order chi connectivity index (χ0) is 14.4. The zero-order valence-corrected chi connectivity index (χ0v) is 11.6. The van der Waals surface area contributed by atoms with Crippen LogP contribution in [0, 0.1) is 5.92 Å². The fraction of sp³-hybridized carbons (Fsp3) is 0.571. The van der Waals surface area contributed by atoms with Crippen LogP contribution in [0.2, 0.25) is 0 Å². The Hall–Kier alpha value is -1.82. The van der Waals surface area contributed by atoms with Crippen LogP contribution in [0.3, 0.4) is 0 Å². The molecule has 2 heterocycles. The summed E-state index contributed by atoms with van der Waals surface area (Å²) < 4.78 is 9.81. The summed E-state index contributed by atoms with van der Waals surface area (Å²) in [5.41, 5.74) is 0. The molecule has 2 rings (SSSR count). The molecular weight excluding hydrogens is 260 g/mol. The third-order valence-corrected chi connectivity index (χ3v) is 3.45. The summed E-state index contributed by atoms with van der Waals surface area (Å²) in [7, 11) is 1.30. The molecule has 1 fully saturated rings. The lowest BCUT2D eigenvalue weighted by Crippen LogP contribution is -2.23. The van der Waals surface area contributed by atoms with Gasteiger partial charge in [-0.1, -0.05) is 0 Å². The van der Waals surface area contributed by atoms with Crippen LogP contribution < -0.4 is 10.6 Å². The van der Waals surface area contributed by atoms with Crippen molar-refractivity contribution in [3.8, 4) is 0 Å². The Labute approximate surface area is 117 Å². The van der Waals surface area contributed by atoms with Gasteiger partial charge in [-0.2, -0.15) is 0 Å². The molecule has 6 heteroatoms.